The number of carbonyl (C=O) groups is 4. The molecule has 11 heteroatoms. The lowest BCUT2D eigenvalue weighted by Crippen LogP contribution is -2.45. The zero-order valence-corrected chi connectivity index (χ0v) is 21.3. The largest absolute Gasteiger partial charge is 0.465 e. The number of carbonyl (C=O) groups excluding carboxylic acids is 4. The molecule has 2 amide bonds. The molecule has 10 nitrogen and oxygen atoms in total. The number of likely N-dealkylation sites (tertiary alicyclic amines) is 1. The Morgan fingerprint density at radius 1 is 1.29 bits per heavy atom. The molecule has 1 aliphatic heterocycles. The third kappa shape index (κ3) is 8.37. The minimum Gasteiger partial charge on any atom is -0.465 e. The summed E-state index contributed by atoms with van der Waals surface area (Å²) in [6, 6.07) is 3.32. The summed E-state index contributed by atoms with van der Waals surface area (Å²) in [5, 5.41) is 12.6. The molecule has 0 radical (unpaired) electrons. The van der Waals surface area contributed by atoms with Gasteiger partial charge in [0.25, 0.3) is 0 Å². The number of nitrogens with one attached hydrogen (secondary N) is 1. The highest BCUT2D eigenvalue weighted by molar-refractivity contribution is 8.14. The van der Waals surface area contributed by atoms with E-state index in [2.05, 4.69) is 11.9 Å². The summed E-state index contributed by atoms with van der Waals surface area (Å²) >= 11 is 1.06. The van der Waals surface area contributed by atoms with Crippen molar-refractivity contribution in [1.29, 1.82) is 0 Å². The molecule has 192 valence electrons. The van der Waals surface area contributed by atoms with E-state index in [0.29, 0.717) is 0 Å². The molecule has 2 unspecified atom stereocenters. The van der Waals surface area contributed by atoms with Gasteiger partial charge in [-0.3, -0.25) is 14.5 Å². The second kappa shape index (κ2) is 12.2. The SMILES string of the molecule is C=CCOC(O)c1cc(NC(=O)[C@@H]2CC(SC(C)=O)CN2C(=O)OC(C)(C)C)cc(C(=O)OC)c1. The van der Waals surface area contributed by atoms with Gasteiger partial charge in [-0.15, -0.1) is 6.58 Å². The molecule has 1 saturated heterocycles. The number of nitrogens with zero attached hydrogens (tertiary/aromatic N) is 1. The molecular weight excluding hydrogens is 476 g/mol. The first kappa shape index (κ1) is 28.3. The van der Waals surface area contributed by atoms with Gasteiger partial charge >= 0.3 is 12.1 Å². The van der Waals surface area contributed by atoms with E-state index in [1.54, 1.807) is 20.8 Å². The lowest BCUT2D eigenvalue weighted by atomic mass is 10.1. The highest BCUT2D eigenvalue weighted by Gasteiger charge is 2.42. The second-order valence-corrected chi connectivity index (χ2v) is 10.4. The summed E-state index contributed by atoms with van der Waals surface area (Å²) in [6.45, 7) is 10.3. The Morgan fingerprint density at radius 3 is 2.54 bits per heavy atom. The predicted molar refractivity (Wildman–Crippen MR) is 131 cm³/mol. The van der Waals surface area contributed by atoms with Crippen LogP contribution in [0.4, 0.5) is 10.5 Å². The summed E-state index contributed by atoms with van der Waals surface area (Å²) in [5.41, 5.74) is -0.275. The Bertz CT molecular complexity index is 975. The van der Waals surface area contributed by atoms with E-state index in [1.165, 1.54) is 43.2 Å². The van der Waals surface area contributed by atoms with Gasteiger partial charge in [0.2, 0.25) is 5.91 Å². The molecule has 2 rings (SSSR count). The van der Waals surface area contributed by atoms with Crippen LogP contribution in [0.3, 0.4) is 0 Å². The number of thioether (sulfide) groups is 1. The normalized spacial score (nSPS) is 18.5. The van der Waals surface area contributed by atoms with Crippen LogP contribution in [0.25, 0.3) is 0 Å². The third-order valence-corrected chi connectivity index (χ3v) is 5.83. The minimum atomic E-state index is -1.38. The molecule has 35 heavy (non-hydrogen) atoms. The summed E-state index contributed by atoms with van der Waals surface area (Å²) < 4.78 is 15.4. The van der Waals surface area contributed by atoms with Gasteiger partial charge in [0.15, 0.2) is 11.4 Å². The first-order chi connectivity index (χ1) is 16.3. The first-order valence-electron chi connectivity index (χ1n) is 11.0. The van der Waals surface area contributed by atoms with Crippen LogP contribution in [0.2, 0.25) is 0 Å². The summed E-state index contributed by atoms with van der Waals surface area (Å²) in [6.07, 6.45) is -0.350. The Hall–Kier alpha value is -2.89. The Balaban J connectivity index is 2.32. The van der Waals surface area contributed by atoms with Crippen LogP contribution in [0, 0.1) is 0 Å². The van der Waals surface area contributed by atoms with Gasteiger partial charge in [-0.05, 0) is 45.4 Å². The molecule has 0 aliphatic carbocycles. The van der Waals surface area contributed by atoms with Crippen molar-refractivity contribution in [2.45, 2.75) is 57.3 Å². The molecule has 2 N–H and O–H groups in total. The van der Waals surface area contributed by atoms with Crippen LogP contribution in [0.1, 0.15) is 56.3 Å². The zero-order valence-electron chi connectivity index (χ0n) is 20.5. The van der Waals surface area contributed by atoms with Gasteiger partial charge in [0, 0.05) is 30.0 Å². The van der Waals surface area contributed by atoms with E-state index in [0.717, 1.165) is 11.8 Å². The van der Waals surface area contributed by atoms with Crippen molar-refractivity contribution in [2.24, 2.45) is 0 Å². The van der Waals surface area contributed by atoms with Gasteiger partial charge in [-0.1, -0.05) is 17.8 Å². The first-order valence-corrected chi connectivity index (χ1v) is 11.8. The van der Waals surface area contributed by atoms with Crippen molar-refractivity contribution < 1.29 is 38.5 Å². The summed E-state index contributed by atoms with van der Waals surface area (Å²) in [7, 11) is 1.21. The molecule has 0 saturated carbocycles. The molecule has 1 aliphatic rings. The monoisotopic (exact) mass is 508 g/mol. The quantitative estimate of drug-likeness (QED) is 0.308. The van der Waals surface area contributed by atoms with E-state index in [4.69, 9.17) is 14.2 Å². The van der Waals surface area contributed by atoms with Crippen molar-refractivity contribution in [3.63, 3.8) is 0 Å². The van der Waals surface area contributed by atoms with Crippen LogP contribution in [0.15, 0.2) is 30.9 Å². The van der Waals surface area contributed by atoms with Gasteiger partial charge < -0.3 is 24.6 Å². The summed E-state index contributed by atoms with van der Waals surface area (Å²) in [5.74, 6) is -1.20. The number of rotatable bonds is 8. The van der Waals surface area contributed by atoms with Crippen molar-refractivity contribution in [1.82, 2.24) is 4.90 Å². The van der Waals surface area contributed by atoms with Gasteiger partial charge in [-0.25, -0.2) is 9.59 Å². The molecule has 1 aromatic carbocycles. The lowest BCUT2D eigenvalue weighted by molar-refractivity contribution is -0.120. The number of aliphatic hydroxyl groups excluding tert-OH is 1. The van der Waals surface area contributed by atoms with E-state index >= 15 is 0 Å². The molecule has 1 heterocycles. The number of amides is 2. The number of methoxy groups -OCH3 is 1. The number of benzene rings is 1. The van der Waals surface area contributed by atoms with E-state index in [1.807, 2.05) is 0 Å². The Kier molecular flexibility index (Phi) is 9.87. The molecule has 0 spiro atoms. The van der Waals surface area contributed by atoms with Crippen molar-refractivity contribution in [3.8, 4) is 0 Å². The molecule has 1 fully saturated rings. The Morgan fingerprint density at radius 2 is 1.97 bits per heavy atom. The highest BCUT2D eigenvalue weighted by Crippen LogP contribution is 2.31. The smallest absolute Gasteiger partial charge is 0.411 e. The summed E-state index contributed by atoms with van der Waals surface area (Å²) in [4.78, 5) is 51.1. The number of aliphatic hydroxyl groups is 1. The molecule has 3 atom stereocenters. The van der Waals surface area contributed by atoms with E-state index < -0.39 is 35.9 Å². The minimum absolute atomic E-state index is 0.0629. The van der Waals surface area contributed by atoms with Gasteiger partial charge in [-0.2, -0.15) is 0 Å². The van der Waals surface area contributed by atoms with Gasteiger partial charge in [0.1, 0.15) is 11.6 Å². The van der Waals surface area contributed by atoms with Crippen LogP contribution in [0.5, 0.6) is 0 Å². The lowest BCUT2D eigenvalue weighted by Gasteiger charge is -2.28. The zero-order chi connectivity index (χ0) is 26.3. The second-order valence-electron chi connectivity index (χ2n) is 8.91. The fraction of sp³-hybridized carbons (Fsp3) is 0.500. The van der Waals surface area contributed by atoms with Crippen LogP contribution >= 0.6 is 11.8 Å². The molecular formula is C24H32N2O8S. The van der Waals surface area contributed by atoms with Crippen LogP contribution < -0.4 is 5.32 Å². The number of anilines is 1. The maximum absolute atomic E-state index is 13.3. The number of hydrogen-bond acceptors (Lipinski definition) is 9. The number of ether oxygens (including phenoxy) is 3. The van der Waals surface area contributed by atoms with Gasteiger partial charge in [0.05, 0.1) is 19.3 Å². The van der Waals surface area contributed by atoms with Crippen LogP contribution in [-0.4, -0.2) is 70.2 Å². The standard InChI is InChI=1S/C24H32N2O8S/c1-7-8-33-22(30)16-9-15(21(29)32-6)10-17(11-16)25-20(28)19-12-18(35-14(2)27)13-26(19)23(31)34-24(3,4)5/h7,9-11,18-19,22,30H,1,8,12-13H2,2-6H3,(H,25,28)/t18?,19-,22?/m0/s1. The van der Waals surface area contributed by atoms with Crippen molar-refractivity contribution in [3.05, 3.63) is 42.0 Å². The fourth-order valence-electron chi connectivity index (χ4n) is 3.47. The van der Waals surface area contributed by atoms with E-state index in [9.17, 15) is 24.3 Å². The average Bonchev–Trinajstić information content (AvgIpc) is 3.19. The average molecular weight is 509 g/mol. The third-order valence-electron chi connectivity index (χ3n) is 4.83. The van der Waals surface area contributed by atoms with Crippen LogP contribution in [-0.2, 0) is 23.8 Å². The van der Waals surface area contributed by atoms with Crippen molar-refractivity contribution >= 4 is 40.5 Å². The number of hydrogen-bond donors (Lipinski definition) is 2. The fourth-order valence-corrected chi connectivity index (χ4v) is 4.45. The van der Waals surface area contributed by atoms with E-state index in [-0.39, 0.29) is 46.8 Å². The van der Waals surface area contributed by atoms with Crippen molar-refractivity contribution in [2.75, 3.05) is 25.6 Å². The maximum Gasteiger partial charge on any atom is 0.411 e. The number of esters is 1. The highest BCUT2D eigenvalue weighted by atomic mass is 32.2. The molecule has 0 aromatic heterocycles. The Labute approximate surface area is 209 Å². The predicted octanol–water partition coefficient (Wildman–Crippen LogP) is 3.26. The molecule has 1 aromatic rings. The maximum atomic E-state index is 13.3. The topological polar surface area (TPSA) is 131 Å². The molecule has 0 bridgehead atoms.